The smallest absolute Gasteiger partial charge is 0.329 e. The van der Waals surface area contributed by atoms with E-state index in [2.05, 4.69) is 20.3 Å². The first-order valence-electron chi connectivity index (χ1n) is 9.32. The molecule has 3 rings (SSSR count). The number of nitrogens with one attached hydrogen (secondary N) is 1. The number of carbonyl (C=O) groups is 2. The highest BCUT2D eigenvalue weighted by Crippen LogP contribution is 2.28. The minimum atomic E-state index is -0.504. The molecule has 0 fully saturated rings. The van der Waals surface area contributed by atoms with Crippen molar-refractivity contribution in [2.24, 2.45) is 0 Å². The molecule has 10 nitrogen and oxygen atoms in total. The van der Waals surface area contributed by atoms with Gasteiger partial charge in [0.15, 0.2) is 6.29 Å². The van der Waals surface area contributed by atoms with Crippen LogP contribution < -0.4 is 15.0 Å². The third-order valence-electron chi connectivity index (χ3n) is 4.45. The lowest BCUT2D eigenvalue weighted by Crippen LogP contribution is -2.40. The number of aliphatic hydroxyl groups is 1. The summed E-state index contributed by atoms with van der Waals surface area (Å²) in [5.74, 6) is 0.510. The largest absolute Gasteiger partial charge is 0.471 e. The zero-order chi connectivity index (χ0) is 21.7. The Morgan fingerprint density at radius 2 is 2.27 bits per heavy atom. The van der Waals surface area contributed by atoms with Gasteiger partial charge in [-0.3, -0.25) is 15.0 Å². The molecule has 0 aliphatic carbocycles. The molecule has 2 N–H and O–H groups in total. The predicted molar refractivity (Wildman–Crippen MR) is 109 cm³/mol. The molecular weight excluding hydrogens is 414 g/mol. The van der Waals surface area contributed by atoms with E-state index in [1.54, 1.807) is 20.1 Å². The summed E-state index contributed by atoms with van der Waals surface area (Å²) in [6.07, 6.45) is 2.98. The molecule has 2 aromatic rings. The fraction of sp³-hybridized carbons (Fsp3) is 0.421. The molecule has 1 aliphatic heterocycles. The molecule has 160 valence electrons. The summed E-state index contributed by atoms with van der Waals surface area (Å²) in [6.45, 7) is 2.24. The lowest BCUT2D eigenvalue weighted by Gasteiger charge is -2.28. The third kappa shape index (κ3) is 4.84. The SMILES string of the molecule is COCC(C)Oc1nc(NC(=O)N2CCCc3cc(CO)c(C=O)nc32)ncc1Cl. The fourth-order valence-corrected chi connectivity index (χ4v) is 3.24. The van der Waals surface area contributed by atoms with Crippen molar-refractivity contribution >= 4 is 35.7 Å². The number of rotatable bonds is 7. The van der Waals surface area contributed by atoms with Gasteiger partial charge in [-0.2, -0.15) is 4.98 Å². The number of fused-ring (bicyclic) bond motifs is 1. The van der Waals surface area contributed by atoms with Crippen molar-refractivity contribution in [3.8, 4) is 5.88 Å². The molecule has 1 unspecified atom stereocenters. The number of pyridine rings is 1. The normalized spacial score (nSPS) is 14.1. The van der Waals surface area contributed by atoms with Crippen LogP contribution in [0.1, 0.15) is 35.0 Å². The van der Waals surface area contributed by atoms with Gasteiger partial charge < -0.3 is 14.6 Å². The number of methoxy groups -OCH3 is 1. The number of hydrogen-bond acceptors (Lipinski definition) is 8. The summed E-state index contributed by atoms with van der Waals surface area (Å²) < 4.78 is 10.6. The van der Waals surface area contributed by atoms with Crippen molar-refractivity contribution in [3.63, 3.8) is 0 Å². The van der Waals surface area contributed by atoms with E-state index < -0.39 is 6.03 Å². The Morgan fingerprint density at radius 1 is 1.47 bits per heavy atom. The van der Waals surface area contributed by atoms with E-state index in [-0.39, 0.29) is 35.3 Å². The minimum absolute atomic E-state index is 0.0127. The molecule has 11 heteroatoms. The van der Waals surface area contributed by atoms with E-state index in [4.69, 9.17) is 21.1 Å². The number of carbonyl (C=O) groups excluding carboxylic acids is 2. The Morgan fingerprint density at radius 3 is 2.97 bits per heavy atom. The van der Waals surface area contributed by atoms with Crippen LogP contribution in [0.15, 0.2) is 12.3 Å². The molecule has 0 radical (unpaired) electrons. The van der Waals surface area contributed by atoms with E-state index in [0.717, 1.165) is 5.56 Å². The number of aldehydes is 1. The number of urea groups is 1. The van der Waals surface area contributed by atoms with E-state index in [1.807, 2.05) is 0 Å². The molecule has 3 heterocycles. The number of ether oxygens (including phenoxy) is 2. The molecule has 1 atom stereocenters. The van der Waals surface area contributed by atoms with Crippen LogP contribution in [0.5, 0.6) is 5.88 Å². The van der Waals surface area contributed by atoms with E-state index >= 15 is 0 Å². The maximum atomic E-state index is 12.9. The van der Waals surface area contributed by atoms with Crippen molar-refractivity contribution in [1.29, 1.82) is 0 Å². The Labute approximate surface area is 178 Å². The maximum Gasteiger partial charge on any atom is 0.329 e. The molecule has 1 aliphatic rings. The first-order chi connectivity index (χ1) is 14.5. The number of anilines is 2. The van der Waals surface area contributed by atoms with Crippen LogP contribution in [0.25, 0.3) is 0 Å². The number of aromatic nitrogens is 3. The van der Waals surface area contributed by atoms with Gasteiger partial charge in [-0.05, 0) is 31.4 Å². The first kappa shape index (κ1) is 21.9. The maximum absolute atomic E-state index is 12.9. The number of aryl methyl sites for hydroxylation is 1. The van der Waals surface area contributed by atoms with E-state index in [0.29, 0.717) is 43.7 Å². The second-order valence-electron chi connectivity index (χ2n) is 6.71. The molecular formula is C19H22ClN5O5. The van der Waals surface area contributed by atoms with Gasteiger partial charge in [0, 0.05) is 19.2 Å². The monoisotopic (exact) mass is 435 g/mol. The van der Waals surface area contributed by atoms with Gasteiger partial charge in [-0.25, -0.2) is 14.8 Å². The van der Waals surface area contributed by atoms with E-state index in [1.165, 1.54) is 11.1 Å². The summed E-state index contributed by atoms with van der Waals surface area (Å²) in [5, 5.41) is 12.2. The van der Waals surface area contributed by atoms with Crippen molar-refractivity contribution in [2.75, 3.05) is 30.5 Å². The lowest BCUT2D eigenvalue weighted by molar-refractivity contribution is 0.0890. The Balaban J connectivity index is 1.81. The van der Waals surface area contributed by atoms with Crippen molar-refractivity contribution in [1.82, 2.24) is 15.0 Å². The molecule has 2 amide bonds. The highest BCUT2D eigenvalue weighted by molar-refractivity contribution is 6.31. The standard InChI is InChI=1S/C19H22ClN5O5/c1-11(10-29-2)30-17-14(20)7-21-18(23-17)24-19(28)25-5-3-4-12-6-13(8-26)15(9-27)22-16(12)25/h6-7,9,11,26H,3-5,8,10H2,1-2H3,(H,21,23,24,28). The van der Waals surface area contributed by atoms with Crippen LogP contribution >= 0.6 is 11.6 Å². The Bertz CT molecular complexity index is 942. The van der Waals surface area contributed by atoms with Gasteiger partial charge >= 0.3 is 6.03 Å². The zero-order valence-corrected chi connectivity index (χ0v) is 17.3. The van der Waals surface area contributed by atoms with Gasteiger partial charge in [0.1, 0.15) is 22.6 Å². The lowest BCUT2D eigenvalue weighted by atomic mass is 10.0. The molecule has 0 saturated carbocycles. The van der Waals surface area contributed by atoms with Crippen molar-refractivity contribution in [2.45, 2.75) is 32.5 Å². The molecule has 0 bridgehead atoms. The highest BCUT2D eigenvalue weighted by atomic mass is 35.5. The topological polar surface area (TPSA) is 127 Å². The summed E-state index contributed by atoms with van der Waals surface area (Å²) in [4.78, 5) is 38.0. The van der Waals surface area contributed by atoms with Crippen molar-refractivity contribution in [3.05, 3.63) is 34.1 Å². The van der Waals surface area contributed by atoms with Crippen LogP contribution in [0.2, 0.25) is 5.02 Å². The zero-order valence-electron chi connectivity index (χ0n) is 16.6. The number of amides is 2. The number of halogens is 1. The summed E-state index contributed by atoms with van der Waals surface area (Å²) in [7, 11) is 1.55. The number of aliphatic hydroxyl groups excluding tert-OH is 1. The van der Waals surface area contributed by atoms with Gasteiger partial charge in [-0.1, -0.05) is 11.6 Å². The Hall–Kier alpha value is -2.82. The minimum Gasteiger partial charge on any atom is -0.471 e. The quantitative estimate of drug-likeness (QED) is 0.634. The fourth-order valence-electron chi connectivity index (χ4n) is 3.10. The van der Waals surface area contributed by atoms with Crippen molar-refractivity contribution < 1.29 is 24.2 Å². The van der Waals surface area contributed by atoms with E-state index in [9.17, 15) is 14.7 Å². The van der Waals surface area contributed by atoms with Crippen LogP contribution in [0.3, 0.4) is 0 Å². The second-order valence-corrected chi connectivity index (χ2v) is 7.11. The predicted octanol–water partition coefficient (Wildman–Crippen LogP) is 2.23. The number of nitrogens with zero attached hydrogens (tertiary/aromatic N) is 4. The highest BCUT2D eigenvalue weighted by Gasteiger charge is 2.26. The van der Waals surface area contributed by atoms with Gasteiger partial charge in [0.05, 0.1) is 19.4 Å². The molecule has 0 spiro atoms. The molecule has 2 aromatic heterocycles. The average Bonchev–Trinajstić information content (AvgIpc) is 2.74. The van der Waals surface area contributed by atoms with Gasteiger partial charge in [-0.15, -0.1) is 0 Å². The average molecular weight is 436 g/mol. The number of hydrogen-bond donors (Lipinski definition) is 2. The van der Waals surface area contributed by atoms with Crippen LogP contribution in [0.4, 0.5) is 16.6 Å². The summed E-state index contributed by atoms with van der Waals surface area (Å²) >= 11 is 6.08. The van der Waals surface area contributed by atoms with Crippen LogP contribution in [-0.2, 0) is 17.8 Å². The van der Waals surface area contributed by atoms with Gasteiger partial charge in [0.25, 0.3) is 0 Å². The summed E-state index contributed by atoms with van der Waals surface area (Å²) in [6, 6.07) is 1.20. The second kappa shape index (κ2) is 9.79. The molecule has 30 heavy (non-hydrogen) atoms. The molecule has 0 saturated heterocycles. The van der Waals surface area contributed by atoms with Crippen LogP contribution in [0, 0.1) is 0 Å². The summed E-state index contributed by atoms with van der Waals surface area (Å²) in [5.41, 5.74) is 1.31. The Kier molecular flexibility index (Phi) is 7.14. The third-order valence-corrected chi connectivity index (χ3v) is 4.71. The first-order valence-corrected chi connectivity index (χ1v) is 9.70. The van der Waals surface area contributed by atoms with Gasteiger partial charge in [0.2, 0.25) is 11.8 Å². The van der Waals surface area contributed by atoms with Crippen LogP contribution in [-0.4, -0.2) is 58.7 Å². The molecule has 0 aromatic carbocycles.